The van der Waals surface area contributed by atoms with Crippen molar-refractivity contribution in [1.29, 1.82) is 0 Å². The van der Waals surface area contributed by atoms with Crippen LogP contribution in [-0.4, -0.2) is 40.9 Å². The van der Waals surface area contributed by atoms with E-state index < -0.39 is 0 Å². The van der Waals surface area contributed by atoms with E-state index in [1.165, 1.54) is 19.3 Å². The SMILES string of the molecule is CNc1nccnc1C[C@@H]1CCCN(C(=O)CC2CC2)C1. The van der Waals surface area contributed by atoms with Gasteiger partial charge in [-0.1, -0.05) is 0 Å². The molecule has 1 aromatic heterocycles. The van der Waals surface area contributed by atoms with Crippen LogP contribution in [0, 0.1) is 11.8 Å². The van der Waals surface area contributed by atoms with Crippen molar-refractivity contribution >= 4 is 11.7 Å². The highest BCUT2D eigenvalue weighted by molar-refractivity contribution is 5.76. The summed E-state index contributed by atoms with van der Waals surface area (Å²) in [5.41, 5.74) is 1.02. The van der Waals surface area contributed by atoms with E-state index in [1.807, 2.05) is 7.05 Å². The Labute approximate surface area is 126 Å². The molecule has 1 amide bonds. The van der Waals surface area contributed by atoms with Crippen molar-refractivity contribution in [3.05, 3.63) is 18.1 Å². The fraction of sp³-hybridized carbons (Fsp3) is 0.688. The van der Waals surface area contributed by atoms with Gasteiger partial charge in [-0.3, -0.25) is 9.78 Å². The standard InChI is InChI=1S/C16H24N4O/c1-17-16-14(18-6-7-19-16)9-13-3-2-8-20(11-13)15(21)10-12-4-5-12/h6-7,12-13H,2-5,8-11H2,1H3,(H,17,19)/t13-/m0/s1. The molecule has 1 saturated heterocycles. The Morgan fingerprint density at radius 1 is 1.29 bits per heavy atom. The van der Waals surface area contributed by atoms with Crippen LogP contribution in [-0.2, 0) is 11.2 Å². The summed E-state index contributed by atoms with van der Waals surface area (Å²) in [5, 5.41) is 3.10. The molecule has 1 aliphatic heterocycles. The van der Waals surface area contributed by atoms with Crippen molar-refractivity contribution in [1.82, 2.24) is 14.9 Å². The van der Waals surface area contributed by atoms with Gasteiger partial charge in [-0.05, 0) is 43.9 Å². The zero-order valence-electron chi connectivity index (χ0n) is 12.7. The Bertz CT molecular complexity index is 501. The maximum atomic E-state index is 12.3. The molecule has 1 aromatic rings. The molecule has 1 aliphatic carbocycles. The molecule has 2 fully saturated rings. The number of piperidine rings is 1. The highest BCUT2D eigenvalue weighted by Crippen LogP contribution is 2.33. The Balaban J connectivity index is 1.59. The molecule has 1 saturated carbocycles. The van der Waals surface area contributed by atoms with Gasteiger partial charge in [0.1, 0.15) is 5.82 Å². The predicted octanol–water partition coefficient (Wildman–Crippen LogP) is 2.10. The van der Waals surface area contributed by atoms with Crippen LogP contribution < -0.4 is 5.32 Å². The average Bonchev–Trinajstić information content (AvgIpc) is 3.32. The normalized spacial score (nSPS) is 22.1. The first-order valence-electron chi connectivity index (χ1n) is 8.01. The largest absolute Gasteiger partial charge is 0.372 e. The Morgan fingerprint density at radius 2 is 2.10 bits per heavy atom. The van der Waals surface area contributed by atoms with E-state index in [2.05, 4.69) is 20.2 Å². The van der Waals surface area contributed by atoms with Crippen LogP contribution >= 0.6 is 0 Å². The topological polar surface area (TPSA) is 58.1 Å². The summed E-state index contributed by atoms with van der Waals surface area (Å²) in [5.74, 6) is 2.40. The van der Waals surface area contributed by atoms with Gasteiger partial charge in [0.05, 0.1) is 5.69 Å². The van der Waals surface area contributed by atoms with E-state index >= 15 is 0 Å². The summed E-state index contributed by atoms with van der Waals surface area (Å²) in [6.07, 6.45) is 9.89. The van der Waals surface area contributed by atoms with E-state index in [4.69, 9.17) is 0 Å². The van der Waals surface area contributed by atoms with E-state index in [-0.39, 0.29) is 0 Å². The first kappa shape index (κ1) is 14.3. The molecular formula is C16H24N4O. The van der Waals surface area contributed by atoms with Crippen LogP contribution in [0.2, 0.25) is 0 Å². The highest BCUT2D eigenvalue weighted by Gasteiger charge is 2.30. The molecular weight excluding hydrogens is 264 g/mol. The molecule has 0 radical (unpaired) electrons. The third kappa shape index (κ3) is 3.71. The van der Waals surface area contributed by atoms with Gasteiger partial charge in [0.15, 0.2) is 0 Å². The number of hydrogen-bond acceptors (Lipinski definition) is 4. The second kappa shape index (κ2) is 6.41. The van der Waals surface area contributed by atoms with E-state index in [0.717, 1.165) is 43.9 Å². The Morgan fingerprint density at radius 3 is 2.86 bits per heavy atom. The number of carbonyl (C=O) groups excluding carboxylic acids is 1. The number of anilines is 1. The number of carbonyl (C=O) groups is 1. The number of amides is 1. The van der Waals surface area contributed by atoms with Gasteiger partial charge in [0.2, 0.25) is 5.91 Å². The summed E-state index contributed by atoms with van der Waals surface area (Å²) >= 11 is 0. The van der Waals surface area contributed by atoms with Crippen LogP contribution in [0.3, 0.4) is 0 Å². The predicted molar refractivity (Wildman–Crippen MR) is 81.9 cm³/mol. The third-order valence-corrected chi connectivity index (χ3v) is 4.52. The van der Waals surface area contributed by atoms with Gasteiger partial charge in [-0.2, -0.15) is 0 Å². The number of rotatable bonds is 5. The first-order valence-corrected chi connectivity index (χ1v) is 8.01. The lowest BCUT2D eigenvalue weighted by Gasteiger charge is -2.33. The highest BCUT2D eigenvalue weighted by atomic mass is 16.2. The molecule has 0 spiro atoms. The van der Waals surface area contributed by atoms with Crippen molar-refractivity contribution in [3.63, 3.8) is 0 Å². The van der Waals surface area contributed by atoms with Gasteiger partial charge in [0, 0.05) is 39.0 Å². The average molecular weight is 288 g/mol. The lowest BCUT2D eigenvalue weighted by atomic mass is 9.93. The Kier molecular flexibility index (Phi) is 4.36. The zero-order valence-corrected chi connectivity index (χ0v) is 12.7. The van der Waals surface area contributed by atoms with Crippen LogP contribution in [0.5, 0.6) is 0 Å². The second-order valence-electron chi connectivity index (χ2n) is 6.30. The van der Waals surface area contributed by atoms with Crippen molar-refractivity contribution in [2.75, 3.05) is 25.5 Å². The van der Waals surface area contributed by atoms with Crippen LogP contribution in [0.4, 0.5) is 5.82 Å². The lowest BCUT2D eigenvalue weighted by molar-refractivity contribution is -0.133. The van der Waals surface area contributed by atoms with Crippen LogP contribution in [0.25, 0.3) is 0 Å². The molecule has 5 heteroatoms. The molecule has 2 aliphatic rings. The summed E-state index contributed by atoms with van der Waals surface area (Å²) in [6.45, 7) is 1.81. The molecule has 114 valence electrons. The molecule has 0 unspecified atom stereocenters. The first-order chi connectivity index (χ1) is 10.3. The van der Waals surface area contributed by atoms with Crippen molar-refractivity contribution in [2.24, 2.45) is 11.8 Å². The van der Waals surface area contributed by atoms with Gasteiger partial charge in [-0.15, -0.1) is 0 Å². The van der Waals surface area contributed by atoms with Crippen LogP contribution in [0.15, 0.2) is 12.4 Å². The molecule has 21 heavy (non-hydrogen) atoms. The minimum absolute atomic E-state index is 0.357. The van der Waals surface area contributed by atoms with Gasteiger partial charge in [-0.25, -0.2) is 4.98 Å². The maximum absolute atomic E-state index is 12.3. The molecule has 0 aromatic carbocycles. The van der Waals surface area contributed by atoms with Gasteiger partial charge >= 0.3 is 0 Å². The maximum Gasteiger partial charge on any atom is 0.222 e. The van der Waals surface area contributed by atoms with E-state index in [1.54, 1.807) is 12.4 Å². The second-order valence-corrected chi connectivity index (χ2v) is 6.30. The number of aromatic nitrogens is 2. The van der Waals surface area contributed by atoms with E-state index in [0.29, 0.717) is 17.7 Å². The summed E-state index contributed by atoms with van der Waals surface area (Å²) < 4.78 is 0. The monoisotopic (exact) mass is 288 g/mol. The third-order valence-electron chi connectivity index (χ3n) is 4.52. The summed E-state index contributed by atoms with van der Waals surface area (Å²) in [4.78, 5) is 23.1. The van der Waals surface area contributed by atoms with E-state index in [9.17, 15) is 4.79 Å². The molecule has 3 rings (SSSR count). The van der Waals surface area contributed by atoms with Crippen molar-refractivity contribution < 1.29 is 4.79 Å². The molecule has 1 atom stereocenters. The minimum atomic E-state index is 0.357. The van der Waals surface area contributed by atoms with Crippen molar-refractivity contribution in [3.8, 4) is 0 Å². The number of likely N-dealkylation sites (tertiary alicyclic amines) is 1. The summed E-state index contributed by atoms with van der Waals surface area (Å²) in [6, 6.07) is 0. The quantitative estimate of drug-likeness (QED) is 0.901. The van der Waals surface area contributed by atoms with Crippen molar-refractivity contribution in [2.45, 2.75) is 38.5 Å². The zero-order chi connectivity index (χ0) is 14.7. The molecule has 0 bridgehead atoms. The minimum Gasteiger partial charge on any atom is -0.372 e. The Hall–Kier alpha value is -1.65. The number of hydrogen-bond donors (Lipinski definition) is 1. The molecule has 2 heterocycles. The van der Waals surface area contributed by atoms with Gasteiger partial charge in [0.25, 0.3) is 0 Å². The summed E-state index contributed by atoms with van der Waals surface area (Å²) in [7, 11) is 1.87. The molecule has 5 nitrogen and oxygen atoms in total. The number of nitrogens with one attached hydrogen (secondary N) is 1. The lowest BCUT2D eigenvalue weighted by Crippen LogP contribution is -2.40. The number of nitrogens with zero attached hydrogens (tertiary/aromatic N) is 3. The molecule has 1 N–H and O–H groups in total. The van der Waals surface area contributed by atoms with Gasteiger partial charge < -0.3 is 10.2 Å². The smallest absolute Gasteiger partial charge is 0.222 e. The van der Waals surface area contributed by atoms with Crippen LogP contribution in [0.1, 0.15) is 37.8 Å². The fourth-order valence-corrected chi connectivity index (χ4v) is 3.15. The fourth-order valence-electron chi connectivity index (χ4n) is 3.15.